The van der Waals surface area contributed by atoms with Crippen molar-refractivity contribution in [1.29, 1.82) is 0 Å². The Morgan fingerprint density at radius 3 is 2.26 bits per heavy atom. The number of hydrogen-bond donors (Lipinski definition) is 1. The van der Waals surface area contributed by atoms with Crippen molar-refractivity contribution >= 4 is 58.0 Å². The number of halogens is 4. The summed E-state index contributed by atoms with van der Waals surface area (Å²) in [4.78, 5) is 16.3. The number of hydrogen-bond acceptors (Lipinski definition) is 4. The van der Waals surface area contributed by atoms with Crippen LogP contribution in [0.2, 0.25) is 20.1 Å². The quantitative estimate of drug-likeness (QED) is 0.794. The van der Waals surface area contributed by atoms with Crippen molar-refractivity contribution in [1.82, 2.24) is 4.98 Å². The van der Waals surface area contributed by atoms with Crippen molar-refractivity contribution < 1.29 is 14.3 Å². The molecule has 9 heteroatoms. The number of pyridine rings is 1. The van der Waals surface area contributed by atoms with E-state index in [1.807, 2.05) is 0 Å². The molecule has 5 nitrogen and oxygen atoms in total. The van der Waals surface area contributed by atoms with Crippen molar-refractivity contribution in [2.45, 2.75) is 0 Å². The van der Waals surface area contributed by atoms with Gasteiger partial charge in [0.2, 0.25) is 0 Å². The Morgan fingerprint density at radius 2 is 1.65 bits per heavy atom. The summed E-state index contributed by atoms with van der Waals surface area (Å²) in [6.45, 7) is 0. The van der Waals surface area contributed by atoms with E-state index in [1.165, 1.54) is 32.5 Å². The number of rotatable bonds is 4. The number of aromatic nitrogens is 1. The molecular formula is C14H10Cl4N2O3. The second-order valence-electron chi connectivity index (χ2n) is 4.22. The molecule has 0 aliphatic carbocycles. The largest absolute Gasteiger partial charge is 0.495 e. The first-order valence-corrected chi connectivity index (χ1v) is 7.62. The van der Waals surface area contributed by atoms with E-state index >= 15 is 0 Å². The molecule has 1 aromatic carbocycles. The number of nitrogens with zero attached hydrogens (tertiary/aromatic N) is 1. The monoisotopic (exact) mass is 394 g/mol. The molecule has 0 aliphatic heterocycles. The van der Waals surface area contributed by atoms with Crippen LogP contribution in [0.25, 0.3) is 0 Å². The summed E-state index contributed by atoms with van der Waals surface area (Å²) in [5.74, 6) is 0.132. The van der Waals surface area contributed by atoms with E-state index in [1.54, 1.807) is 0 Å². The lowest BCUT2D eigenvalue weighted by Gasteiger charge is -2.13. The number of amides is 1. The SMILES string of the molecule is COc1cc(NC(=O)c2ncc(Cl)c(Cl)c2Cl)c(OC)cc1Cl. The topological polar surface area (TPSA) is 60.5 Å². The first kappa shape index (κ1) is 17.9. The molecular weight excluding hydrogens is 386 g/mol. The Bertz CT molecular complexity index is 768. The smallest absolute Gasteiger partial charge is 0.275 e. The highest BCUT2D eigenvalue weighted by Crippen LogP contribution is 2.37. The molecule has 0 saturated carbocycles. The molecule has 2 aromatic rings. The van der Waals surface area contributed by atoms with Crippen molar-refractivity contribution in [3.05, 3.63) is 44.1 Å². The number of benzene rings is 1. The second kappa shape index (κ2) is 7.45. The third-order valence-electron chi connectivity index (χ3n) is 2.85. The number of anilines is 1. The Balaban J connectivity index is 2.39. The minimum Gasteiger partial charge on any atom is -0.495 e. The van der Waals surface area contributed by atoms with Gasteiger partial charge in [-0.2, -0.15) is 0 Å². The summed E-state index contributed by atoms with van der Waals surface area (Å²) in [5, 5.41) is 3.11. The zero-order valence-electron chi connectivity index (χ0n) is 11.9. The van der Waals surface area contributed by atoms with Gasteiger partial charge in [-0.3, -0.25) is 4.79 Å². The van der Waals surface area contributed by atoms with Crippen LogP contribution in [0.1, 0.15) is 10.5 Å². The zero-order chi connectivity index (χ0) is 17.1. The van der Waals surface area contributed by atoms with Crippen LogP contribution in [0.4, 0.5) is 5.69 Å². The first-order chi connectivity index (χ1) is 10.9. The van der Waals surface area contributed by atoms with Gasteiger partial charge in [0.15, 0.2) is 0 Å². The van der Waals surface area contributed by atoms with Gasteiger partial charge in [0.05, 0.1) is 40.0 Å². The van der Waals surface area contributed by atoms with Crippen molar-refractivity contribution in [3.8, 4) is 11.5 Å². The molecule has 0 unspecified atom stereocenters. The van der Waals surface area contributed by atoms with E-state index in [-0.39, 0.29) is 20.8 Å². The van der Waals surface area contributed by atoms with Gasteiger partial charge >= 0.3 is 0 Å². The summed E-state index contributed by atoms with van der Waals surface area (Å²) < 4.78 is 10.3. The number of carbonyl (C=O) groups is 1. The normalized spacial score (nSPS) is 10.3. The van der Waals surface area contributed by atoms with Crippen LogP contribution in [0.15, 0.2) is 18.3 Å². The van der Waals surface area contributed by atoms with Gasteiger partial charge in [-0.1, -0.05) is 46.4 Å². The fourth-order valence-corrected chi connectivity index (χ4v) is 2.54. The maximum atomic E-state index is 12.4. The molecule has 1 amide bonds. The summed E-state index contributed by atoms with van der Waals surface area (Å²) in [6.07, 6.45) is 1.24. The van der Waals surface area contributed by atoms with Crippen LogP contribution in [0.3, 0.4) is 0 Å². The second-order valence-corrected chi connectivity index (χ2v) is 5.79. The molecule has 1 aromatic heterocycles. The Labute approximate surface area is 152 Å². The third kappa shape index (κ3) is 3.75. The summed E-state index contributed by atoms with van der Waals surface area (Å²) in [5.41, 5.74) is 0.264. The molecule has 122 valence electrons. The average molecular weight is 396 g/mol. The molecule has 23 heavy (non-hydrogen) atoms. The number of nitrogens with one attached hydrogen (secondary N) is 1. The molecule has 0 atom stereocenters. The molecule has 1 heterocycles. The Kier molecular flexibility index (Phi) is 5.81. The van der Waals surface area contributed by atoms with Gasteiger partial charge < -0.3 is 14.8 Å². The van der Waals surface area contributed by atoms with E-state index in [0.29, 0.717) is 22.2 Å². The Morgan fingerprint density at radius 1 is 1.00 bits per heavy atom. The van der Waals surface area contributed by atoms with E-state index in [9.17, 15) is 4.79 Å². The van der Waals surface area contributed by atoms with E-state index in [0.717, 1.165) is 0 Å². The number of methoxy groups -OCH3 is 2. The predicted octanol–water partition coefficient (Wildman–Crippen LogP) is 4.96. The van der Waals surface area contributed by atoms with Gasteiger partial charge in [0, 0.05) is 18.3 Å². The molecule has 0 saturated heterocycles. The average Bonchev–Trinajstić information content (AvgIpc) is 2.53. The molecule has 2 rings (SSSR count). The predicted molar refractivity (Wildman–Crippen MR) is 91.8 cm³/mol. The zero-order valence-corrected chi connectivity index (χ0v) is 14.9. The van der Waals surface area contributed by atoms with Gasteiger partial charge in [-0.25, -0.2) is 4.98 Å². The van der Waals surface area contributed by atoms with Crippen LogP contribution in [-0.2, 0) is 0 Å². The van der Waals surface area contributed by atoms with E-state index in [2.05, 4.69) is 10.3 Å². The van der Waals surface area contributed by atoms with Gasteiger partial charge in [0.1, 0.15) is 17.2 Å². The van der Waals surface area contributed by atoms with Crippen molar-refractivity contribution in [3.63, 3.8) is 0 Å². The maximum Gasteiger partial charge on any atom is 0.275 e. The highest BCUT2D eigenvalue weighted by atomic mass is 35.5. The first-order valence-electron chi connectivity index (χ1n) is 6.11. The summed E-state index contributed by atoms with van der Waals surface area (Å²) in [7, 11) is 2.90. The lowest BCUT2D eigenvalue weighted by Crippen LogP contribution is -2.15. The molecule has 0 bridgehead atoms. The van der Waals surface area contributed by atoms with Crippen LogP contribution >= 0.6 is 46.4 Å². The van der Waals surface area contributed by atoms with Crippen molar-refractivity contribution in [2.24, 2.45) is 0 Å². The van der Waals surface area contributed by atoms with Crippen LogP contribution < -0.4 is 14.8 Å². The van der Waals surface area contributed by atoms with E-state index in [4.69, 9.17) is 55.9 Å². The minimum absolute atomic E-state index is 0.0448. The fourth-order valence-electron chi connectivity index (χ4n) is 1.74. The van der Waals surface area contributed by atoms with Gasteiger partial charge in [-0.05, 0) is 0 Å². The molecule has 0 fully saturated rings. The lowest BCUT2D eigenvalue weighted by molar-refractivity contribution is 0.102. The summed E-state index contributed by atoms with van der Waals surface area (Å²) >= 11 is 23.7. The lowest BCUT2D eigenvalue weighted by atomic mass is 10.2. The number of ether oxygens (including phenoxy) is 2. The maximum absolute atomic E-state index is 12.4. The van der Waals surface area contributed by atoms with Crippen LogP contribution in [0.5, 0.6) is 11.5 Å². The van der Waals surface area contributed by atoms with Crippen LogP contribution in [0, 0.1) is 0 Å². The standard InChI is InChI=1S/C14H10Cl4N2O3/c1-22-9-4-8(10(23-2)3-6(9)15)20-14(21)13-12(18)11(17)7(16)5-19-13/h3-5H,1-2H3,(H,20,21). The highest BCUT2D eigenvalue weighted by molar-refractivity contribution is 6.49. The molecule has 1 N–H and O–H groups in total. The van der Waals surface area contributed by atoms with Crippen LogP contribution in [-0.4, -0.2) is 25.1 Å². The fraction of sp³-hybridized carbons (Fsp3) is 0.143. The summed E-state index contributed by atoms with van der Waals surface area (Å²) in [6, 6.07) is 3.03. The van der Waals surface area contributed by atoms with Gasteiger partial charge in [-0.15, -0.1) is 0 Å². The molecule has 0 radical (unpaired) electrons. The van der Waals surface area contributed by atoms with Crippen molar-refractivity contribution in [2.75, 3.05) is 19.5 Å². The molecule has 0 spiro atoms. The number of carbonyl (C=O) groups excluding carboxylic acids is 1. The van der Waals surface area contributed by atoms with E-state index < -0.39 is 5.91 Å². The third-order valence-corrected chi connectivity index (χ3v) is 4.39. The molecule has 0 aliphatic rings. The van der Waals surface area contributed by atoms with Gasteiger partial charge in [0.25, 0.3) is 5.91 Å². The minimum atomic E-state index is -0.587. The highest BCUT2D eigenvalue weighted by Gasteiger charge is 2.19. The Hall–Kier alpha value is -1.40.